The molecule has 0 heterocycles. The van der Waals surface area contributed by atoms with E-state index in [0.29, 0.717) is 15.9 Å². The molecular formula is C17H17N3O5S. The van der Waals surface area contributed by atoms with Gasteiger partial charge in [-0.3, -0.25) is 9.63 Å². The lowest BCUT2D eigenvalue weighted by Gasteiger charge is -2.14. The smallest absolute Gasteiger partial charge is 0.264 e. The quantitative estimate of drug-likeness (QED) is 0.742. The summed E-state index contributed by atoms with van der Waals surface area (Å²) in [5.74, 6) is 0.0352. The number of anilines is 1. The molecule has 0 bridgehead atoms. The fourth-order valence-electron chi connectivity index (χ4n) is 2.00. The molecule has 0 aliphatic carbocycles. The standard InChI is InChI=1S/C17H17N3O5S/c1-20(24-2)26(22,23)16-5-3-4-13(12-16)17(21)19-14-6-8-15(9-7-14)25-11-10-18/h3-9,12H,11H2,1-2H3,(H,19,21). The monoisotopic (exact) mass is 375 g/mol. The van der Waals surface area contributed by atoms with Gasteiger partial charge in [0.05, 0.1) is 12.0 Å². The highest BCUT2D eigenvalue weighted by Crippen LogP contribution is 2.19. The normalized spacial score (nSPS) is 11.0. The van der Waals surface area contributed by atoms with E-state index in [9.17, 15) is 13.2 Å². The first kappa shape index (κ1) is 19.4. The second kappa shape index (κ2) is 8.44. The predicted molar refractivity (Wildman–Crippen MR) is 93.9 cm³/mol. The highest BCUT2D eigenvalue weighted by Gasteiger charge is 2.21. The number of carbonyl (C=O) groups is 1. The third kappa shape index (κ3) is 4.58. The summed E-state index contributed by atoms with van der Waals surface area (Å²) in [6.45, 7) is -0.0666. The number of hydrogen-bond donors (Lipinski definition) is 1. The van der Waals surface area contributed by atoms with E-state index in [4.69, 9.17) is 14.8 Å². The number of nitrogens with zero attached hydrogens (tertiary/aromatic N) is 2. The molecule has 0 saturated heterocycles. The summed E-state index contributed by atoms with van der Waals surface area (Å²) in [4.78, 5) is 17.0. The molecule has 136 valence electrons. The van der Waals surface area contributed by atoms with E-state index in [0.717, 1.165) is 0 Å². The maximum atomic E-state index is 12.4. The van der Waals surface area contributed by atoms with Crippen molar-refractivity contribution >= 4 is 21.6 Å². The van der Waals surface area contributed by atoms with Crippen LogP contribution in [0.4, 0.5) is 5.69 Å². The topological polar surface area (TPSA) is 109 Å². The molecule has 9 heteroatoms. The molecule has 0 aliphatic heterocycles. The fraction of sp³-hybridized carbons (Fsp3) is 0.176. The van der Waals surface area contributed by atoms with Gasteiger partial charge in [0.1, 0.15) is 11.8 Å². The molecule has 0 aliphatic rings. The third-order valence-electron chi connectivity index (χ3n) is 3.41. The van der Waals surface area contributed by atoms with E-state index in [-0.39, 0.29) is 17.1 Å². The Kier molecular flexibility index (Phi) is 6.30. The highest BCUT2D eigenvalue weighted by atomic mass is 32.2. The van der Waals surface area contributed by atoms with Crippen molar-refractivity contribution in [3.63, 3.8) is 0 Å². The Morgan fingerprint density at radius 2 is 1.92 bits per heavy atom. The van der Waals surface area contributed by atoms with Crippen LogP contribution in [0.5, 0.6) is 5.75 Å². The summed E-state index contributed by atoms with van der Waals surface area (Å²) in [6.07, 6.45) is 0. The van der Waals surface area contributed by atoms with Crippen LogP contribution in [-0.4, -0.2) is 39.6 Å². The summed E-state index contributed by atoms with van der Waals surface area (Å²) in [6, 6.07) is 13.9. The lowest BCUT2D eigenvalue weighted by Crippen LogP contribution is -2.26. The summed E-state index contributed by atoms with van der Waals surface area (Å²) in [7, 11) is -1.35. The Hall–Kier alpha value is -2.93. The number of amides is 1. The summed E-state index contributed by atoms with van der Waals surface area (Å²) >= 11 is 0. The van der Waals surface area contributed by atoms with E-state index in [2.05, 4.69) is 5.32 Å². The largest absolute Gasteiger partial charge is 0.479 e. The zero-order valence-electron chi connectivity index (χ0n) is 14.2. The molecule has 2 aromatic carbocycles. The number of sulfonamides is 1. The van der Waals surface area contributed by atoms with Gasteiger partial charge in [0.15, 0.2) is 6.61 Å². The Morgan fingerprint density at radius 3 is 2.54 bits per heavy atom. The second-order valence-electron chi connectivity index (χ2n) is 5.05. The van der Waals surface area contributed by atoms with Crippen LogP contribution in [0.15, 0.2) is 53.4 Å². The van der Waals surface area contributed by atoms with Gasteiger partial charge in [0.2, 0.25) is 0 Å². The number of carbonyl (C=O) groups excluding carboxylic acids is 1. The molecule has 0 aromatic heterocycles. The van der Waals surface area contributed by atoms with Gasteiger partial charge < -0.3 is 10.1 Å². The van der Waals surface area contributed by atoms with Gasteiger partial charge in [-0.25, -0.2) is 8.42 Å². The number of nitrogens with one attached hydrogen (secondary N) is 1. The number of hydrogen-bond acceptors (Lipinski definition) is 6. The lowest BCUT2D eigenvalue weighted by atomic mass is 10.2. The van der Waals surface area contributed by atoms with Crippen LogP contribution >= 0.6 is 0 Å². The molecule has 8 nitrogen and oxygen atoms in total. The minimum atomic E-state index is -3.84. The van der Waals surface area contributed by atoms with Gasteiger partial charge in [-0.1, -0.05) is 10.5 Å². The van der Waals surface area contributed by atoms with Crippen molar-refractivity contribution in [2.75, 3.05) is 26.1 Å². The number of nitriles is 1. The number of ether oxygens (including phenoxy) is 1. The fourth-order valence-corrected chi connectivity index (χ4v) is 3.02. The zero-order chi connectivity index (χ0) is 19.2. The molecule has 0 fully saturated rings. The van der Waals surface area contributed by atoms with Crippen molar-refractivity contribution in [2.24, 2.45) is 0 Å². The van der Waals surface area contributed by atoms with Gasteiger partial charge in [-0.15, -0.1) is 0 Å². The van der Waals surface area contributed by atoms with Gasteiger partial charge in [-0.05, 0) is 42.5 Å². The van der Waals surface area contributed by atoms with E-state index in [1.807, 2.05) is 6.07 Å². The number of benzene rings is 2. The van der Waals surface area contributed by atoms with Gasteiger partial charge in [0.25, 0.3) is 15.9 Å². The molecular weight excluding hydrogens is 358 g/mol. The SMILES string of the molecule is CON(C)S(=O)(=O)c1cccc(C(=O)Nc2ccc(OCC#N)cc2)c1. The first-order chi connectivity index (χ1) is 12.4. The number of hydroxylamine groups is 1. The van der Waals surface area contributed by atoms with Crippen molar-refractivity contribution in [3.05, 3.63) is 54.1 Å². The lowest BCUT2D eigenvalue weighted by molar-refractivity contribution is -0.0258. The first-order valence-electron chi connectivity index (χ1n) is 7.42. The van der Waals surface area contributed by atoms with Crippen LogP contribution in [0.1, 0.15) is 10.4 Å². The van der Waals surface area contributed by atoms with Crippen LogP contribution < -0.4 is 10.1 Å². The molecule has 0 atom stereocenters. The average molecular weight is 375 g/mol. The summed E-state index contributed by atoms with van der Waals surface area (Å²) in [5.41, 5.74) is 0.682. The molecule has 26 heavy (non-hydrogen) atoms. The summed E-state index contributed by atoms with van der Waals surface area (Å²) < 4.78 is 30.3. The summed E-state index contributed by atoms with van der Waals surface area (Å²) in [5, 5.41) is 11.1. The maximum absolute atomic E-state index is 12.4. The molecule has 2 aromatic rings. The van der Waals surface area contributed by atoms with Gasteiger partial charge >= 0.3 is 0 Å². The molecule has 0 radical (unpaired) electrons. The van der Waals surface area contributed by atoms with Crippen molar-refractivity contribution in [1.29, 1.82) is 5.26 Å². The van der Waals surface area contributed by atoms with Crippen LogP contribution in [-0.2, 0) is 14.9 Å². The Labute approximate surface area is 151 Å². The second-order valence-corrected chi connectivity index (χ2v) is 6.99. The van der Waals surface area contributed by atoms with Crippen molar-refractivity contribution < 1.29 is 22.8 Å². The van der Waals surface area contributed by atoms with E-state index in [1.165, 1.54) is 38.4 Å². The number of rotatable bonds is 7. The minimum Gasteiger partial charge on any atom is -0.479 e. The predicted octanol–water partition coefficient (Wildman–Crippen LogP) is 2.02. The van der Waals surface area contributed by atoms with Crippen molar-refractivity contribution in [1.82, 2.24) is 4.47 Å². The molecule has 1 amide bonds. The van der Waals surface area contributed by atoms with Crippen LogP contribution in [0.25, 0.3) is 0 Å². The molecule has 0 spiro atoms. The van der Waals surface area contributed by atoms with Crippen LogP contribution in [0.3, 0.4) is 0 Å². The Bertz CT molecular complexity index is 920. The van der Waals surface area contributed by atoms with Crippen molar-refractivity contribution in [3.8, 4) is 11.8 Å². The zero-order valence-corrected chi connectivity index (χ0v) is 15.0. The van der Waals surface area contributed by atoms with Gasteiger partial charge in [-0.2, -0.15) is 5.26 Å². The average Bonchev–Trinajstić information content (AvgIpc) is 2.66. The van der Waals surface area contributed by atoms with Crippen LogP contribution in [0, 0.1) is 11.3 Å². The van der Waals surface area contributed by atoms with Gasteiger partial charge in [0, 0.05) is 18.3 Å². The van der Waals surface area contributed by atoms with Crippen LogP contribution in [0.2, 0.25) is 0 Å². The first-order valence-corrected chi connectivity index (χ1v) is 8.86. The van der Waals surface area contributed by atoms with Crippen molar-refractivity contribution in [2.45, 2.75) is 4.90 Å². The van der Waals surface area contributed by atoms with E-state index in [1.54, 1.807) is 24.3 Å². The Balaban J connectivity index is 2.15. The minimum absolute atomic E-state index is 0.0604. The highest BCUT2D eigenvalue weighted by molar-refractivity contribution is 7.89. The molecule has 0 saturated carbocycles. The molecule has 2 rings (SSSR count). The molecule has 0 unspecified atom stereocenters. The van der Waals surface area contributed by atoms with E-state index >= 15 is 0 Å². The molecule has 1 N–H and O–H groups in total. The third-order valence-corrected chi connectivity index (χ3v) is 5.08. The van der Waals surface area contributed by atoms with E-state index < -0.39 is 15.9 Å². The maximum Gasteiger partial charge on any atom is 0.264 e. The Morgan fingerprint density at radius 1 is 1.23 bits per heavy atom.